The first kappa shape index (κ1) is 28.5. The summed E-state index contributed by atoms with van der Waals surface area (Å²) >= 11 is 0. The molecule has 0 heterocycles. The van der Waals surface area contributed by atoms with Gasteiger partial charge in [-0.2, -0.15) is 0 Å². The zero-order valence-corrected chi connectivity index (χ0v) is 16.9. The summed E-state index contributed by atoms with van der Waals surface area (Å²) < 4.78 is 13.6. The molecule has 0 spiro atoms. The van der Waals surface area contributed by atoms with E-state index in [1.54, 1.807) is 0 Å². The van der Waals surface area contributed by atoms with E-state index in [0.717, 1.165) is 0 Å². The van der Waals surface area contributed by atoms with E-state index in [1.165, 1.54) is 24.3 Å². The van der Waals surface area contributed by atoms with E-state index in [9.17, 15) is 28.8 Å². The van der Waals surface area contributed by atoms with E-state index < -0.39 is 35.8 Å². The Hall–Kier alpha value is -4.52. The predicted octanol–water partition coefficient (Wildman–Crippen LogP) is -0.112. The molecule has 0 aromatic heterocycles. The van der Waals surface area contributed by atoms with Gasteiger partial charge >= 0.3 is 35.8 Å². The molecular weight excluding hydrogens is 448 g/mol. The first-order chi connectivity index (χ1) is 15.6. The van der Waals surface area contributed by atoms with E-state index in [-0.39, 0.29) is 37.6 Å². The highest BCUT2D eigenvalue weighted by Gasteiger charge is 2.08. The molecule has 33 heavy (non-hydrogen) atoms. The fraction of sp³-hybridized carbons (Fsp3) is 0.200. The van der Waals surface area contributed by atoms with Crippen molar-refractivity contribution in [1.29, 1.82) is 0 Å². The molecule has 0 atom stereocenters. The number of carboxylic acid groups (broad SMARTS) is 3. The van der Waals surface area contributed by atoms with Crippen LogP contribution in [0.1, 0.15) is 20.7 Å². The van der Waals surface area contributed by atoms with Crippen LogP contribution in [0.25, 0.3) is 0 Å². The van der Waals surface area contributed by atoms with Crippen LogP contribution in [0.15, 0.2) is 48.6 Å². The van der Waals surface area contributed by atoms with Crippen molar-refractivity contribution in [3.63, 3.8) is 0 Å². The van der Waals surface area contributed by atoms with Gasteiger partial charge in [-0.3, -0.25) is 0 Å². The average molecular weight is 468 g/mol. The molecule has 1 rings (SSSR count). The molecule has 0 unspecified atom stereocenters. The van der Waals surface area contributed by atoms with E-state index in [4.69, 9.17) is 20.4 Å². The highest BCUT2D eigenvalue weighted by molar-refractivity contribution is 5.93. The van der Waals surface area contributed by atoms with Gasteiger partial charge in [0.1, 0.15) is 19.8 Å². The van der Waals surface area contributed by atoms with Crippen molar-refractivity contribution in [2.75, 3.05) is 26.4 Å². The summed E-state index contributed by atoms with van der Waals surface area (Å²) in [6.45, 7) is -0.844. The summed E-state index contributed by atoms with van der Waals surface area (Å²) in [7, 11) is 0. The highest BCUT2D eigenvalue weighted by Crippen LogP contribution is 2.05. The standard InChI is InChI=1S/C10H10O8.C10H10O5/c11-7(12)1-3-9(15)17-5-6-18-10(16)4-2-8(13)14;11-5-6-15-10(14)8-3-1-7(2-4-8)9(12)13/h1-4H,5-6H2,(H,11,12)(H,13,14);1-4,11H,5-6H2,(H,12,13)/b3-1-,4-2-;. The molecule has 0 bridgehead atoms. The molecule has 0 saturated carbocycles. The smallest absolute Gasteiger partial charge is 0.338 e. The normalized spacial score (nSPS) is 10.1. The number of carbonyl (C=O) groups is 6. The molecule has 0 amide bonds. The zero-order valence-electron chi connectivity index (χ0n) is 16.9. The fourth-order valence-corrected chi connectivity index (χ4v) is 1.63. The number of aliphatic hydroxyl groups is 1. The molecule has 1 aromatic rings. The first-order valence-corrected chi connectivity index (χ1v) is 8.83. The van der Waals surface area contributed by atoms with Crippen LogP contribution in [-0.4, -0.2) is 82.7 Å². The third-order valence-electron chi connectivity index (χ3n) is 2.99. The van der Waals surface area contributed by atoms with Crippen LogP contribution in [0.5, 0.6) is 0 Å². The molecular formula is C20H20O13. The second-order valence-corrected chi connectivity index (χ2v) is 5.42. The summed E-state index contributed by atoms with van der Waals surface area (Å²) in [6.07, 6.45) is 2.61. The number of ether oxygens (including phenoxy) is 3. The molecule has 13 heteroatoms. The number of aliphatic carboxylic acids is 2. The second kappa shape index (κ2) is 16.2. The maximum Gasteiger partial charge on any atom is 0.338 e. The van der Waals surface area contributed by atoms with Crippen molar-refractivity contribution in [3.05, 3.63) is 59.7 Å². The number of aromatic carboxylic acids is 1. The Morgan fingerprint density at radius 2 is 1.06 bits per heavy atom. The van der Waals surface area contributed by atoms with Crippen molar-refractivity contribution in [3.8, 4) is 0 Å². The van der Waals surface area contributed by atoms with Crippen LogP contribution in [0, 0.1) is 0 Å². The molecule has 0 aliphatic heterocycles. The molecule has 4 N–H and O–H groups in total. The van der Waals surface area contributed by atoms with E-state index in [0.29, 0.717) is 24.3 Å². The van der Waals surface area contributed by atoms with Crippen LogP contribution < -0.4 is 0 Å². The Balaban J connectivity index is 0.000000629. The van der Waals surface area contributed by atoms with Gasteiger partial charge in [-0.15, -0.1) is 0 Å². The van der Waals surface area contributed by atoms with Crippen molar-refractivity contribution >= 4 is 35.8 Å². The van der Waals surface area contributed by atoms with Gasteiger partial charge in [0.05, 0.1) is 17.7 Å². The Bertz CT molecular complexity index is 859. The topological polar surface area (TPSA) is 211 Å². The van der Waals surface area contributed by atoms with Crippen molar-refractivity contribution in [2.24, 2.45) is 0 Å². The van der Waals surface area contributed by atoms with E-state index in [1.807, 2.05) is 0 Å². The summed E-state index contributed by atoms with van der Waals surface area (Å²) in [5.74, 6) is -6.01. The number of carboxylic acids is 3. The van der Waals surface area contributed by atoms with E-state index >= 15 is 0 Å². The second-order valence-electron chi connectivity index (χ2n) is 5.42. The molecule has 0 aliphatic rings. The van der Waals surface area contributed by atoms with Crippen LogP contribution >= 0.6 is 0 Å². The molecule has 0 radical (unpaired) electrons. The Morgan fingerprint density at radius 3 is 1.42 bits per heavy atom. The monoisotopic (exact) mass is 468 g/mol. The van der Waals surface area contributed by atoms with Crippen molar-refractivity contribution < 1.29 is 63.4 Å². The molecule has 13 nitrogen and oxygen atoms in total. The maximum atomic E-state index is 11.2. The molecule has 0 aliphatic carbocycles. The van der Waals surface area contributed by atoms with Gasteiger partial charge in [-0.1, -0.05) is 0 Å². The average Bonchev–Trinajstić information content (AvgIpc) is 2.78. The van der Waals surface area contributed by atoms with E-state index in [2.05, 4.69) is 14.2 Å². The van der Waals surface area contributed by atoms with Crippen molar-refractivity contribution in [2.45, 2.75) is 0 Å². The quantitative estimate of drug-likeness (QED) is 0.145. The SMILES string of the molecule is O=C(O)/C=C\C(=O)OCCOC(=O)/C=C\C(=O)O.O=C(O)c1ccc(C(=O)OCCO)cc1. The van der Waals surface area contributed by atoms with Gasteiger partial charge in [0, 0.05) is 24.3 Å². The minimum absolute atomic E-state index is 0.0699. The van der Waals surface area contributed by atoms with Gasteiger partial charge in [0.25, 0.3) is 0 Å². The zero-order chi connectivity index (χ0) is 25.2. The Labute approximate surface area is 186 Å². The van der Waals surface area contributed by atoms with Gasteiger partial charge in [0.2, 0.25) is 0 Å². The number of rotatable bonds is 11. The number of hydrogen-bond donors (Lipinski definition) is 4. The summed E-state index contributed by atoms with van der Waals surface area (Å²) in [5.41, 5.74) is 0.363. The van der Waals surface area contributed by atoms with Gasteiger partial charge in [-0.05, 0) is 24.3 Å². The maximum absolute atomic E-state index is 11.2. The lowest BCUT2D eigenvalue weighted by Crippen LogP contribution is -2.11. The largest absolute Gasteiger partial charge is 0.478 e. The first-order valence-electron chi connectivity index (χ1n) is 8.83. The summed E-state index contributed by atoms with van der Waals surface area (Å²) in [5, 5.41) is 33.4. The lowest BCUT2D eigenvalue weighted by atomic mass is 10.1. The Morgan fingerprint density at radius 1 is 0.636 bits per heavy atom. The minimum Gasteiger partial charge on any atom is -0.478 e. The number of benzene rings is 1. The lowest BCUT2D eigenvalue weighted by molar-refractivity contribution is -0.146. The highest BCUT2D eigenvalue weighted by atomic mass is 16.6. The van der Waals surface area contributed by atoms with Crippen LogP contribution in [0.3, 0.4) is 0 Å². The molecule has 0 saturated heterocycles. The molecule has 1 aromatic carbocycles. The number of hydrogen-bond acceptors (Lipinski definition) is 10. The number of aliphatic hydroxyl groups excluding tert-OH is 1. The fourth-order valence-electron chi connectivity index (χ4n) is 1.63. The molecule has 0 fully saturated rings. The van der Waals surface area contributed by atoms with Crippen molar-refractivity contribution in [1.82, 2.24) is 0 Å². The minimum atomic E-state index is -1.29. The summed E-state index contributed by atoms with van der Waals surface area (Å²) in [6, 6.07) is 5.36. The number of esters is 3. The van der Waals surface area contributed by atoms with Gasteiger partial charge in [0.15, 0.2) is 0 Å². The van der Waals surface area contributed by atoms with Crippen LogP contribution in [0.4, 0.5) is 0 Å². The third-order valence-corrected chi connectivity index (χ3v) is 2.99. The molecule has 178 valence electrons. The van der Waals surface area contributed by atoms with Gasteiger partial charge < -0.3 is 34.6 Å². The third kappa shape index (κ3) is 15.0. The van der Waals surface area contributed by atoms with Crippen LogP contribution in [0.2, 0.25) is 0 Å². The van der Waals surface area contributed by atoms with Crippen LogP contribution in [-0.2, 0) is 33.4 Å². The lowest BCUT2D eigenvalue weighted by Gasteiger charge is -2.02. The Kier molecular flexibility index (Phi) is 14.0. The summed E-state index contributed by atoms with van der Waals surface area (Å²) in [4.78, 5) is 63.4. The number of carbonyl (C=O) groups excluding carboxylic acids is 3. The van der Waals surface area contributed by atoms with Gasteiger partial charge in [-0.25, -0.2) is 28.8 Å². The predicted molar refractivity (Wildman–Crippen MR) is 106 cm³/mol.